The van der Waals surface area contributed by atoms with Gasteiger partial charge in [-0.05, 0) is 128 Å². The third-order valence-corrected chi connectivity index (χ3v) is 15.7. The molecule has 4 aliphatic carbocycles. The maximum atomic E-state index is 14.0. The van der Waals surface area contributed by atoms with Gasteiger partial charge in [-0.15, -0.1) is 0 Å². The van der Waals surface area contributed by atoms with Crippen LogP contribution in [0.4, 0.5) is 0 Å². The molecule has 69 heavy (non-hydrogen) atoms. The van der Waals surface area contributed by atoms with Gasteiger partial charge in [0.1, 0.15) is 0 Å². The molecule has 4 aliphatic rings. The minimum absolute atomic E-state index is 0. The molecule has 10 nitrogen and oxygen atoms in total. The van der Waals surface area contributed by atoms with Crippen LogP contribution in [0, 0.1) is 33.5 Å². The molecule has 0 aromatic rings. The van der Waals surface area contributed by atoms with E-state index in [4.69, 9.17) is 18.9 Å². The summed E-state index contributed by atoms with van der Waals surface area (Å²) in [6.45, 7) is 32.1. The number of carbonyl (C=O) groups is 4. The smallest absolute Gasteiger partial charge is 0.306 e. The Morgan fingerprint density at radius 3 is 1.06 bits per heavy atom. The molecule has 5 atom stereocenters. The Morgan fingerprint density at radius 2 is 0.725 bits per heavy atom. The molecule has 4 rings (SSSR count). The van der Waals surface area contributed by atoms with Crippen molar-refractivity contribution < 1.29 is 56.7 Å². The van der Waals surface area contributed by atoms with E-state index in [0.717, 1.165) is 161 Å². The molecule has 0 N–H and O–H groups in total. The van der Waals surface area contributed by atoms with Crippen LogP contribution < -0.4 is 0 Å². The van der Waals surface area contributed by atoms with E-state index in [0.29, 0.717) is 50.7 Å². The van der Waals surface area contributed by atoms with Crippen LogP contribution in [-0.2, 0) is 56.7 Å². The van der Waals surface area contributed by atoms with Gasteiger partial charge in [-0.25, -0.2) is 0 Å². The summed E-state index contributed by atoms with van der Waals surface area (Å²) in [4.78, 5) is 59.3. The normalized spacial score (nSPS) is 22.7. The number of unbranched alkanes of at least 4 members (excludes halogenated alkanes) is 6. The van der Waals surface area contributed by atoms with Crippen molar-refractivity contribution in [3.8, 4) is 0 Å². The zero-order valence-corrected chi connectivity index (χ0v) is 48.6. The summed E-state index contributed by atoms with van der Waals surface area (Å²) < 4.78 is 25.4. The summed E-state index contributed by atoms with van der Waals surface area (Å²) in [6, 6.07) is 0. The number of ether oxygens (including phenoxy) is 4. The summed E-state index contributed by atoms with van der Waals surface area (Å²) in [5.41, 5.74) is -1.59. The van der Waals surface area contributed by atoms with Crippen LogP contribution in [0.1, 0.15) is 250 Å². The summed E-state index contributed by atoms with van der Waals surface area (Å²) in [6.07, 6.45) is 23.1. The van der Waals surface area contributed by atoms with Crippen molar-refractivity contribution in [1.82, 2.24) is 9.80 Å². The molecule has 0 heterocycles. The zero-order valence-electron chi connectivity index (χ0n) is 47.2. The summed E-state index contributed by atoms with van der Waals surface area (Å²) in [5, 5.41) is 0. The molecule has 4 bridgehead atoms. The van der Waals surface area contributed by atoms with Gasteiger partial charge in [-0.1, -0.05) is 147 Å². The summed E-state index contributed by atoms with van der Waals surface area (Å²) >= 11 is 0. The van der Waals surface area contributed by atoms with Crippen LogP contribution in [0.3, 0.4) is 0 Å². The molecule has 1 radical (unpaired) electrons. The maximum Gasteiger partial charge on any atom is 0.306 e. The standard InChI is InChI=1S/C54H98N2O8.2C2H6.V/c1-9-17-20-25-45(12-4)34-49(59)63-42-52-31-30-51(41-61-47(57)28-23-32-55(13-5)14-6)36-53(38-52,43-62-48(58)29-24-33-56(15-7)16-8)40-54(37-51,39-52)44-64-50(60)35-46(26-21-18-10-2)27-22-19-11-3;2*1-2;/h45-46H,9-44H2,1-8H3;2*1-2H3;. The Hall–Kier alpha value is -1.62. The second-order valence-corrected chi connectivity index (χ2v) is 21.3. The minimum atomic E-state index is -0.426. The van der Waals surface area contributed by atoms with Gasteiger partial charge in [0.2, 0.25) is 0 Å². The van der Waals surface area contributed by atoms with Gasteiger partial charge >= 0.3 is 23.9 Å². The molecule has 4 fully saturated rings. The average molecular weight is 1010 g/mol. The number of carbonyl (C=O) groups excluding carboxylic acids is 4. The number of esters is 4. The van der Waals surface area contributed by atoms with Crippen molar-refractivity contribution in [3.05, 3.63) is 0 Å². The second-order valence-electron chi connectivity index (χ2n) is 21.3. The molecule has 0 amide bonds. The predicted molar refractivity (Wildman–Crippen MR) is 282 cm³/mol. The van der Waals surface area contributed by atoms with Crippen LogP contribution >= 0.6 is 0 Å². The van der Waals surface area contributed by atoms with E-state index < -0.39 is 10.8 Å². The van der Waals surface area contributed by atoms with Crippen LogP contribution in [0.2, 0.25) is 0 Å². The first-order valence-corrected chi connectivity index (χ1v) is 28.9. The fraction of sp³-hybridized carbons (Fsp3) is 0.931. The largest absolute Gasteiger partial charge is 0.465 e. The molecule has 4 saturated carbocycles. The van der Waals surface area contributed by atoms with Gasteiger partial charge in [0.25, 0.3) is 0 Å². The molecular weight excluding hydrogens is 904 g/mol. The fourth-order valence-electron chi connectivity index (χ4n) is 12.5. The van der Waals surface area contributed by atoms with E-state index in [-0.39, 0.29) is 66.5 Å². The van der Waals surface area contributed by atoms with Crippen molar-refractivity contribution in [3.63, 3.8) is 0 Å². The van der Waals surface area contributed by atoms with Crippen molar-refractivity contribution in [2.24, 2.45) is 33.5 Å². The minimum Gasteiger partial charge on any atom is -0.465 e. The number of hydrogen-bond donors (Lipinski definition) is 0. The van der Waals surface area contributed by atoms with Crippen molar-refractivity contribution in [1.29, 1.82) is 0 Å². The Labute approximate surface area is 437 Å². The van der Waals surface area contributed by atoms with Crippen molar-refractivity contribution in [2.45, 2.75) is 250 Å². The zero-order chi connectivity index (χ0) is 50.9. The Balaban J connectivity index is 0.00000900. The van der Waals surface area contributed by atoms with Gasteiger partial charge in [0, 0.05) is 65.9 Å². The number of hydrogen-bond acceptors (Lipinski definition) is 10. The van der Waals surface area contributed by atoms with E-state index in [1.54, 1.807) is 0 Å². The maximum absolute atomic E-state index is 14.0. The van der Waals surface area contributed by atoms with Crippen molar-refractivity contribution in [2.75, 3.05) is 65.7 Å². The monoisotopic (exact) mass is 1010 g/mol. The van der Waals surface area contributed by atoms with E-state index >= 15 is 0 Å². The van der Waals surface area contributed by atoms with Gasteiger partial charge in [-0.2, -0.15) is 0 Å². The molecule has 11 heteroatoms. The topological polar surface area (TPSA) is 112 Å². The number of rotatable bonds is 37. The molecule has 405 valence electrons. The Morgan fingerprint density at radius 1 is 0.420 bits per heavy atom. The van der Waals surface area contributed by atoms with Crippen LogP contribution in [0.25, 0.3) is 0 Å². The van der Waals surface area contributed by atoms with Gasteiger partial charge < -0.3 is 28.7 Å². The Kier molecular flexibility index (Phi) is 37.1. The second kappa shape index (κ2) is 38.0. The van der Waals surface area contributed by atoms with E-state index in [9.17, 15) is 19.2 Å². The quantitative estimate of drug-likeness (QED) is 0.0339. The molecule has 0 saturated heterocycles. The Bertz CT molecular complexity index is 1350. The number of fused-ring (bicyclic) bond motifs is 1. The predicted octanol–water partition coefficient (Wildman–Crippen LogP) is 14.3. The molecular formula is C58H110N2O8V. The SMILES string of the molecule is CC.CC.CCCCCC(CC)CC(=O)OCC12CCC3(COC(=O)CCCN(CC)CC)CC(COC(=O)CCCN(CC)CC)(C1)CC(COC(=O)CC(CCCCC)CCCCC)(C3)C2.[V]. The van der Waals surface area contributed by atoms with Gasteiger partial charge in [0.05, 0.1) is 26.4 Å². The molecule has 0 aromatic carbocycles. The molecule has 0 spiro atoms. The van der Waals surface area contributed by atoms with Gasteiger partial charge in [0.15, 0.2) is 0 Å². The van der Waals surface area contributed by atoms with Crippen LogP contribution in [0.5, 0.6) is 0 Å². The third-order valence-electron chi connectivity index (χ3n) is 15.7. The third kappa shape index (κ3) is 25.3. The van der Waals surface area contributed by atoms with Crippen LogP contribution in [-0.4, -0.2) is 99.4 Å². The first-order chi connectivity index (χ1) is 32.8. The fourth-order valence-corrected chi connectivity index (χ4v) is 12.5. The molecule has 5 unspecified atom stereocenters. The average Bonchev–Trinajstić information content (AvgIpc) is 3.51. The van der Waals surface area contributed by atoms with E-state index in [1.165, 1.54) is 19.3 Å². The van der Waals surface area contributed by atoms with Gasteiger partial charge in [-0.3, -0.25) is 19.2 Å². The van der Waals surface area contributed by atoms with Crippen LogP contribution in [0.15, 0.2) is 0 Å². The van der Waals surface area contributed by atoms with E-state index in [1.807, 2.05) is 27.7 Å². The molecule has 0 aliphatic heterocycles. The van der Waals surface area contributed by atoms with E-state index in [2.05, 4.69) is 65.2 Å². The number of nitrogens with zero attached hydrogens (tertiary/aromatic N) is 2. The first-order valence-electron chi connectivity index (χ1n) is 28.9. The van der Waals surface area contributed by atoms with Crippen molar-refractivity contribution >= 4 is 23.9 Å². The summed E-state index contributed by atoms with van der Waals surface area (Å²) in [5.74, 6) is 0.0415. The summed E-state index contributed by atoms with van der Waals surface area (Å²) in [7, 11) is 0. The first kappa shape index (κ1) is 67.4. The molecule has 0 aromatic heterocycles.